The lowest BCUT2D eigenvalue weighted by atomic mass is 9.95. The predicted molar refractivity (Wildman–Crippen MR) is 59.0 cm³/mol. The Morgan fingerprint density at radius 1 is 1.44 bits per heavy atom. The van der Waals surface area contributed by atoms with Gasteiger partial charge in [0.25, 0.3) is 0 Å². The van der Waals surface area contributed by atoms with Gasteiger partial charge in [-0.15, -0.1) is 0 Å². The van der Waals surface area contributed by atoms with Crippen LogP contribution in [-0.2, 0) is 9.59 Å². The van der Waals surface area contributed by atoms with E-state index in [2.05, 4.69) is 0 Å². The minimum absolute atomic E-state index is 0.00185. The lowest BCUT2D eigenvalue weighted by Gasteiger charge is -2.09. The van der Waals surface area contributed by atoms with E-state index in [0.29, 0.717) is 12.1 Å². The van der Waals surface area contributed by atoms with Crippen molar-refractivity contribution >= 4 is 17.4 Å². The fourth-order valence-electron chi connectivity index (χ4n) is 2.17. The van der Waals surface area contributed by atoms with Gasteiger partial charge in [-0.25, -0.2) is 0 Å². The Morgan fingerprint density at radius 2 is 2.19 bits per heavy atom. The quantitative estimate of drug-likeness (QED) is 0.737. The summed E-state index contributed by atoms with van der Waals surface area (Å²) in [5.41, 5.74) is 7.07. The van der Waals surface area contributed by atoms with E-state index in [9.17, 15) is 9.59 Å². The molecular formula is C12H13NO3. The summed E-state index contributed by atoms with van der Waals surface area (Å²) in [5, 5.41) is 8.87. The van der Waals surface area contributed by atoms with E-state index >= 15 is 0 Å². The van der Waals surface area contributed by atoms with Gasteiger partial charge in [0.15, 0.2) is 0 Å². The van der Waals surface area contributed by atoms with Crippen molar-refractivity contribution < 1.29 is 14.7 Å². The molecule has 0 saturated heterocycles. The molecule has 1 saturated carbocycles. The van der Waals surface area contributed by atoms with Crippen molar-refractivity contribution in [3.05, 3.63) is 29.8 Å². The first-order chi connectivity index (χ1) is 7.58. The molecule has 2 atom stereocenters. The molecule has 0 aromatic heterocycles. The Balaban J connectivity index is 2.23. The third-order valence-corrected chi connectivity index (χ3v) is 3.02. The topological polar surface area (TPSA) is 80.4 Å². The normalized spacial score (nSPS) is 24.6. The summed E-state index contributed by atoms with van der Waals surface area (Å²) in [5.74, 6) is -1.73. The van der Waals surface area contributed by atoms with Gasteiger partial charge in [0.2, 0.25) is 0 Å². The molecule has 4 heteroatoms. The molecule has 0 heterocycles. The van der Waals surface area contributed by atoms with E-state index < -0.39 is 11.9 Å². The van der Waals surface area contributed by atoms with Gasteiger partial charge in [-0.3, -0.25) is 9.59 Å². The van der Waals surface area contributed by atoms with Crippen molar-refractivity contribution in [1.29, 1.82) is 0 Å². The van der Waals surface area contributed by atoms with Crippen LogP contribution in [-0.4, -0.2) is 16.9 Å². The SMILES string of the molecule is Nc1cccc([C@H]2C[C@H](C(=O)O)CC2=O)c1. The summed E-state index contributed by atoms with van der Waals surface area (Å²) in [6.07, 6.45) is 0.520. The van der Waals surface area contributed by atoms with Gasteiger partial charge in [-0.05, 0) is 24.1 Å². The lowest BCUT2D eigenvalue weighted by Crippen LogP contribution is -2.09. The average Bonchev–Trinajstić information content (AvgIpc) is 2.60. The third-order valence-electron chi connectivity index (χ3n) is 3.02. The summed E-state index contributed by atoms with van der Waals surface area (Å²) >= 11 is 0. The van der Waals surface area contributed by atoms with Crippen molar-refractivity contribution in [2.24, 2.45) is 5.92 Å². The van der Waals surface area contributed by atoms with Gasteiger partial charge in [-0.1, -0.05) is 12.1 Å². The number of carbonyl (C=O) groups is 2. The van der Waals surface area contributed by atoms with Gasteiger partial charge in [0.05, 0.1) is 5.92 Å². The van der Waals surface area contributed by atoms with Crippen molar-refractivity contribution in [1.82, 2.24) is 0 Å². The number of hydrogen-bond acceptors (Lipinski definition) is 3. The van der Waals surface area contributed by atoms with Crippen LogP contribution in [0.5, 0.6) is 0 Å². The van der Waals surface area contributed by atoms with Crippen molar-refractivity contribution in [3.8, 4) is 0 Å². The smallest absolute Gasteiger partial charge is 0.306 e. The third kappa shape index (κ3) is 1.91. The highest BCUT2D eigenvalue weighted by molar-refractivity contribution is 5.92. The average molecular weight is 219 g/mol. The molecule has 0 amide bonds. The number of nitrogen functional groups attached to an aromatic ring is 1. The Labute approximate surface area is 93.1 Å². The monoisotopic (exact) mass is 219 g/mol. The number of carbonyl (C=O) groups excluding carboxylic acids is 1. The van der Waals surface area contributed by atoms with Gasteiger partial charge < -0.3 is 10.8 Å². The number of carboxylic acids is 1. The largest absolute Gasteiger partial charge is 0.481 e. The highest BCUT2D eigenvalue weighted by Crippen LogP contribution is 2.36. The van der Waals surface area contributed by atoms with Gasteiger partial charge in [-0.2, -0.15) is 0 Å². The number of aliphatic carboxylic acids is 1. The second kappa shape index (κ2) is 3.96. The maximum Gasteiger partial charge on any atom is 0.306 e. The van der Waals surface area contributed by atoms with E-state index in [1.54, 1.807) is 18.2 Å². The second-order valence-electron chi connectivity index (χ2n) is 4.16. The Hall–Kier alpha value is -1.84. The number of nitrogens with two attached hydrogens (primary N) is 1. The number of ketones is 1. The number of rotatable bonds is 2. The van der Waals surface area contributed by atoms with Crippen molar-refractivity contribution in [2.75, 3.05) is 5.73 Å². The highest BCUT2D eigenvalue weighted by Gasteiger charge is 2.37. The van der Waals surface area contributed by atoms with E-state index in [1.807, 2.05) is 6.07 Å². The van der Waals surface area contributed by atoms with Crippen LogP contribution < -0.4 is 5.73 Å². The van der Waals surface area contributed by atoms with Crippen LogP contribution in [0.25, 0.3) is 0 Å². The van der Waals surface area contributed by atoms with Gasteiger partial charge >= 0.3 is 5.97 Å². The highest BCUT2D eigenvalue weighted by atomic mass is 16.4. The molecule has 0 radical (unpaired) electrons. The molecule has 84 valence electrons. The summed E-state index contributed by atoms with van der Waals surface area (Å²) in [4.78, 5) is 22.5. The summed E-state index contributed by atoms with van der Waals surface area (Å²) < 4.78 is 0. The minimum atomic E-state index is -0.889. The number of anilines is 1. The van der Waals surface area contributed by atoms with E-state index in [0.717, 1.165) is 5.56 Å². The zero-order valence-electron chi connectivity index (χ0n) is 8.72. The molecule has 1 aliphatic rings. The summed E-state index contributed by atoms with van der Waals surface area (Å²) in [7, 11) is 0. The molecule has 0 aliphatic heterocycles. The summed E-state index contributed by atoms with van der Waals surface area (Å²) in [6, 6.07) is 7.10. The molecule has 0 spiro atoms. The number of benzene rings is 1. The molecule has 16 heavy (non-hydrogen) atoms. The first-order valence-electron chi connectivity index (χ1n) is 5.19. The first kappa shape index (κ1) is 10.7. The molecule has 0 unspecified atom stereocenters. The fourth-order valence-corrected chi connectivity index (χ4v) is 2.17. The van der Waals surface area contributed by atoms with Gasteiger partial charge in [0, 0.05) is 18.0 Å². The van der Waals surface area contributed by atoms with E-state index in [-0.39, 0.29) is 18.1 Å². The van der Waals surface area contributed by atoms with Crippen LogP contribution in [0.3, 0.4) is 0 Å². The van der Waals surface area contributed by atoms with Crippen LogP contribution in [0.2, 0.25) is 0 Å². The molecule has 0 bridgehead atoms. The number of hydrogen-bond donors (Lipinski definition) is 2. The minimum Gasteiger partial charge on any atom is -0.481 e. The number of Topliss-reactive ketones (excluding diaryl/α,β-unsaturated/α-hetero) is 1. The first-order valence-corrected chi connectivity index (χ1v) is 5.19. The molecule has 4 nitrogen and oxygen atoms in total. The number of carboxylic acid groups (broad SMARTS) is 1. The Bertz CT molecular complexity index is 442. The maximum absolute atomic E-state index is 11.7. The molecule has 1 aromatic rings. The second-order valence-corrected chi connectivity index (χ2v) is 4.16. The predicted octanol–water partition coefficient (Wildman–Crippen LogP) is 1.42. The summed E-state index contributed by atoms with van der Waals surface area (Å²) in [6.45, 7) is 0. The lowest BCUT2D eigenvalue weighted by molar-refractivity contribution is -0.142. The van der Waals surface area contributed by atoms with Crippen LogP contribution in [0.4, 0.5) is 5.69 Å². The zero-order valence-corrected chi connectivity index (χ0v) is 8.72. The van der Waals surface area contributed by atoms with Crippen LogP contribution in [0.15, 0.2) is 24.3 Å². The maximum atomic E-state index is 11.7. The Morgan fingerprint density at radius 3 is 2.75 bits per heavy atom. The fraction of sp³-hybridized carbons (Fsp3) is 0.333. The molecule has 1 aliphatic carbocycles. The molecule has 1 fully saturated rings. The Kier molecular flexibility index (Phi) is 2.64. The molecule has 2 rings (SSSR count). The molecule has 1 aromatic carbocycles. The molecule has 3 N–H and O–H groups in total. The van der Waals surface area contributed by atoms with Crippen molar-refractivity contribution in [2.45, 2.75) is 18.8 Å². The van der Waals surface area contributed by atoms with Crippen LogP contribution >= 0.6 is 0 Å². The van der Waals surface area contributed by atoms with Crippen LogP contribution in [0.1, 0.15) is 24.3 Å². The van der Waals surface area contributed by atoms with E-state index in [1.165, 1.54) is 0 Å². The zero-order chi connectivity index (χ0) is 11.7. The van der Waals surface area contributed by atoms with E-state index in [4.69, 9.17) is 10.8 Å². The standard InChI is InChI=1S/C12H13NO3/c13-9-3-1-2-7(4-9)10-5-8(12(15)16)6-11(10)14/h1-4,8,10H,5-6,13H2,(H,15,16)/t8-,10+/m0/s1. The van der Waals surface area contributed by atoms with Gasteiger partial charge in [0.1, 0.15) is 5.78 Å². The molecular weight excluding hydrogens is 206 g/mol. The van der Waals surface area contributed by atoms with Crippen molar-refractivity contribution in [3.63, 3.8) is 0 Å². The van der Waals surface area contributed by atoms with Crippen LogP contribution in [0, 0.1) is 5.92 Å².